The lowest BCUT2D eigenvalue weighted by Gasteiger charge is -2.14. The summed E-state index contributed by atoms with van der Waals surface area (Å²) in [5.41, 5.74) is 3.15. The van der Waals surface area contributed by atoms with Gasteiger partial charge in [-0.2, -0.15) is 0 Å². The number of ether oxygens (including phenoxy) is 2. The zero-order valence-electron chi connectivity index (χ0n) is 14.2. The molecule has 0 bridgehead atoms. The predicted molar refractivity (Wildman–Crippen MR) is 92.0 cm³/mol. The molecule has 0 aliphatic carbocycles. The van der Waals surface area contributed by atoms with Gasteiger partial charge in [0.25, 0.3) is 0 Å². The van der Waals surface area contributed by atoms with Gasteiger partial charge in [0.15, 0.2) is 11.5 Å². The number of carbonyl (C=O) groups excluding carboxylic acids is 1. The molecule has 126 valence electrons. The van der Waals surface area contributed by atoms with E-state index in [4.69, 9.17) is 9.47 Å². The van der Waals surface area contributed by atoms with E-state index in [9.17, 15) is 9.90 Å². The van der Waals surface area contributed by atoms with Gasteiger partial charge < -0.3 is 19.4 Å². The van der Waals surface area contributed by atoms with Gasteiger partial charge in [-0.1, -0.05) is 42.8 Å². The predicted octanol–water partition coefficient (Wildman–Crippen LogP) is 2.97. The van der Waals surface area contributed by atoms with Gasteiger partial charge >= 0.3 is 0 Å². The summed E-state index contributed by atoms with van der Waals surface area (Å²) in [6, 6.07) is 13.1. The van der Waals surface area contributed by atoms with Crippen LogP contribution >= 0.6 is 0 Å². The summed E-state index contributed by atoms with van der Waals surface area (Å²) < 4.78 is 11.0. The maximum atomic E-state index is 11.2. The Kier molecular flexibility index (Phi) is 6.01. The average Bonchev–Trinajstić information content (AvgIpc) is 2.57. The highest BCUT2D eigenvalue weighted by Crippen LogP contribution is 2.33. The van der Waals surface area contributed by atoms with E-state index in [2.05, 4.69) is 0 Å². The van der Waals surface area contributed by atoms with Crippen LogP contribution in [0.4, 0.5) is 0 Å². The smallest absolute Gasteiger partial charge is 0.161 e. The summed E-state index contributed by atoms with van der Waals surface area (Å²) in [5, 5.41) is 11.2. The minimum atomic E-state index is -1.24. The Hall–Kier alpha value is -2.75. The standard InChI is InChI=1S/C20H22O4/c1-4-10-24-18-9-8-16(12-19(18)23-3)17(13-20(21)22)15-7-5-6-14(2)11-15/h5-9,11-13H,4,10H2,1-3H3,(H,21,22)/p-1/b17-13+. The number of carbonyl (C=O) groups is 1. The van der Waals surface area contributed by atoms with E-state index in [1.54, 1.807) is 19.2 Å². The van der Waals surface area contributed by atoms with E-state index in [0.717, 1.165) is 29.2 Å². The van der Waals surface area contributed by atoms with E-state index < -0.39 is 5.97 Å². The monoisotopic (exact) mass is 325 g/mol. The van der Waals surface area contributed by atoms with Crippen LogP contribution in [-0.2, 0) is 4.79 Å². The number of carboxylic acids is 1. The van der Waals surface area contributed by atoms with Crippen molar-refractivity contribution in [2.24, 2.45) is 0 Å². The van der Waals surface area contributed by atoms with Crippen LogP contribution < -0.4 is 14.6 Å². The highest BCUT2D eigenvalue weighted by molar-refractivity contribution is 5.94. The van der Waals surface area contributed by atoms with Crippen molar-refractivity contribution in [3.8, 4) is 11.5 Å². The number of aliphatic carboxylic acids is 1. The zero-order chi connectivity index (χ0) is 17.5. The van der Waals surface area contributed by atoms with Crippen LogP contribution in [0.25, 0.3) is 5.57 Å². The Morgan fingerprint density at radius 2 is 1.88 bits per heavy atom. The molecule has 2 aromatic rings. The molecular weight excluding hydrogens is 304 g/mol. The lowest BCUT2D eigenvalue weighted by atomic mass is 9.96. The Morgan fingerprint density at radius 3 is 2.50 bits per heavy atom. The lowest BCUT2D eigenvalue weighted by Crippen LogP contribution is -2.19. The minimum Gasteiger partial charge on any atom is -0.545 e. The van der Waals surface area contributed by atoms with E-state index in [1.165, 1.54) is 0 Å². The van der Waals surface area contributed by atoms with Gasteiger partial charge in [-0.25, -0.2) is 0 Å². The topological polar surface area (TPSA) is 58.6 Å². The molecule has 0 unspecified atom stereocenters. The number of benzene rings is 2. The molecule has 2 rings (SSSR count). The SMILES string of the molecule is CCCOc1ccc(/C(=C/C(=O)[O-])c2cccc(C)c2)cc1OC. The first kappa shape index (κ1) is 17.6. The second-order valence-electron chi connectivity index (χ2n) is 5.46. The van der Waals surface area contributed by atoms with Crippen LogP contribution in [0.15, 0.2) is 48.5 Å². The first-order valence-electron chi connectivity index (χ1n) is 7.86. The van der Waals surface area contributed by atoms with Gasteiger partial charge in [0.05, 0.1) is 19.7 Å². The fraction of sp³-hybridized carbons (Fsp3) is 0.250. The molecule has 0 radical (unpaired) electrons. The van der Waals surface area contributed by atoms with E-state index in [-0.39, 0.29) is 0 Å². The van der Waals surface area contributed by atoms with Crippen molar-refractivity contribution >= 4 is 11.5 Å². The largest absolute Gasteiger partial charge is 0.545 e. The van der Waals surface area contributed by atoms with Crippen molar-refractivity contribution in [3.05, 3.63) is 65.2 Å². The molecule has 24 heavy (non-hydrogen) atoms. The first-order chi connectivity index (χ1) is 11.5. The van der Waals surface area contributed by atoms with Crippen molar-refractivity contribution in [1.29, 1.82) is 0 Å². The Bertz CT molecular complexity index is 747. The molecule has 0 aromatic heterocycles. The maximum absolute atomic E-state index is 11.2. The number of hydrogen-bond acceptors (Lipinski definition) is 4. The quantitative estimate of drug-likeness (QED) is 0.734. The number of carboxylic acid groups (broad SMARTS) is 1. The molecule has 2 aromatic carbocycles. The van der Waals surface area contributed by atoms with Crippen molar-refractivity contribution in [2.75, 3.05) is 13.7 Å². The van der Waals surface area contributed by atoms with Gasteiger partial charge in [0.2, 0.25) is 0 Å². The Morgan fingerprint density at radius 1 is 1.12 bits per heavy atom. The van der Waals surface area contributed by atoms with Crippen molar-refractivity contribution < 1.29 is 19.4 Å². The fourth-order valence-electron chi connectivity index (χ4n) is 2.43. The molecule has 0 amide bonds. The van der Waals surface area contributed by atoms with E-state index >= 15 is 0 Å². The molecule has 0 heterocycles. The van der Waals surface area contributed by atoms with Gasteiger partial charge in [-0.3, -0.25) is 0 Å². The van der Waals surface area contributed by atoms with Crippen LogP contribution in [-0.4, -0.2) is 19.7 Å². The van der Waals surface area contributed by atoms with Gasteiger partial charge in [0.1, 0.15) is 0 Å². The van der Waals surface area contributed by atoms with Crippen molar-refractivity contribution in [2.45, 2.75) is 20.3 Å². The molecule has 0 N–H and O–H groups in total. The Balaban J connectivity index is 2.49. The van der Waals surface area contributed by atoms with Gasteiger partial charge in [-0.05, 0) is 48.3 Å². The van der Waals surface area contributed by atoms with E-state index in [0.29, 0.717) is 23.7 Å². The minimum absolute atomic E-state index is 0.567. The van der Waals surface area contributed by atoms with Crippen molar-refractivity contribution in [1.82, 2.24) is 0 Å². The van der Waals surface area contributed by atoms with Gasteiger partial charge in [-0.15, -0.1) is 0 Å². The summed E-state index contributed by atoms with van der Waals surface area (Å²) in [6.45, 7) is 4.58. The number of methoxy groups -OCH3 is 1. The van der Waals surface area contributed by atoms with Crippen LogP contribution in [0.5, 0.6) is 11.5 Å². The van der Waals surface area contributed by atoms with Gasteiger partial charge in [0, 0.05) is 0 Å². The lowest BCUT2D eigenvalue weighted by molar-refractivity contribution is -0.297. The zero-order valence-corrected chi connectivity index (χ0v) is 14.2. The molecular formula is C20H21O4-. The number of aryl methyl sites for hydroxylation is 1. The Labute approximate surface area is 142 Å². The van der Waals surface area contributed by atoms with Crippen LogP contribution in [0.2, 0.25) is 0 Å². The number of rotatable bonds is 7. The molecule has 0 fully saturated rings. The summed E-state index contributed by atoms with van der Waals surface area (Å²) in [6.07, 6.45) is 2.00. The third kappa shape index (κ3) is 4.38. The molecule has 0 saturated carbocycles. The van der Waals surface area contributed by atoms with E-state index in [1.807, 2.05) is 44.2 Å². The van der Waals surface area contributed by atoms with Crippen LogP contribution in [0, 0.1) is 6.92 Å². The van der Waals surface area contributed by atoms with Crippen molar-refractivity contribution in [3.63, 3.8) is 0 Å². The summed E-state index contributed by atoms with van der Waals surface area (Å²) in [7, 11) is 1.56. The third-order valence-corrected chi connectivity index (χ3v) is 3.53. The fourth-order valence-corrected chi connectivity index (χ4v) is 2.43. The van der Waals surface area contributed by atoms with Crippen LogP contribution in [0.1, 0.15) is 30.0 Å². The normalized spacial score (nSPS) is 11.2. The molecule has 0 aliphatic heterocycles. The second kappa shape index (κ2) is 8.20. The molecule has 4 heteroatoms. The maximum Gasteiger partial charge on any atom is 0.161 e. The summed E-state index contributed by atoms with van der Waals surface area (Å²) >= 11 is 0. The molecule has 0 atom stereocenters. The molecule has 0 aliphatic rings. The highest BCUT2D eigenvalue weighted by atomic mass is 16.5. The number of hydrogen-bond donors (Lipinski definition) is 0. The summed E-state index contributed by atoms with van der Waals surface area (Å²) in [5.74, 6) is -0.0326. The third-order valence-electron chi connectivity index (χ3n) is 3.53. The molecule has 4 nitrogen and oxygen atoms in total. The summed E-state index contributed by atoms with van der Waals surface area (Å²) in [4.78, 5) is 11.2. The first-order valence-corrected chi connectivity index (χ1v) is 7.86. The average molecular weight is 325 g/mol. The second-order valence-corrected chi connectivity index (χ2v) is 5.46. The van der Waals surface area contributed by atoms with Crippen LogP contribution in [0.3, 0.4) is 0 Å². The highest BCUT2D eigenvalue weighted by Gasteiger charge is 2.11. The molecule has 0 saturated heterocycles. The molecule has 0 spiro atoms.